The maximum absolute atomic E-state index is 12.1. The number of terminal acetylenes is 1. The maximum atomic E-state index is 12.1. The summed E-state index contributed by atoms with van der Waals surface area (Å²) in [4.78, 5) is 0. The Hall–Kier alpha value is -1.31. The first-order valence-electron chi connectivity index (χ1n) is 6.48. The van der Waals surface area contributed by atoms with Gasteiger partial charge in [-0.25, -0.2) is 8.42 Å². The molecule has 2 unspecified atom stereocenters. The van der Waals surface area contributed by atoms with Crippen LogP contribution in [-0.4, -0.2) is 24.0 Å². The van der Waals surface area contributed by atoms with E-state index in [1.165, 1.54) is 0 Å². The van der Waals surface area contributed by atoms with Gasteiger partial charge < -0.3 is 5.11 Å². The lowest BCUT2D eigenvalue weighted by Gasteiger charge is -2.36. The number of aliphatic hydroxyl groups is 1. The van der Waals surface area contributed by atoms with Crippen molar-refractivity contribution in [2.75, 3.05) is 0 Å². The zero-order chi connectivity index (χ0) is 13.7. The smallest absolute Gasteiger partial charge is 0.156 e. The molecule has 1 aromatic rings. The van der Waals surface area contributed by atoms with Crippen LogP contribution in [0.1, 0.15) is 36.8 Å². The predicted molar refractivity (Wildman–Crippen MR) is 73.2 cm³/mol. The Kier molecular flexibility index (Phi) is 2.74. The first kappa shape index (κ1) is 12.7. The normalized spacial score (nSPS) is 35.8. The first-order valence-corrected chi connectivity index (χ1v) is 8.09. The summed E-state index contributed by atoms with van der Waals surface area (Å²) in [5.41, 5.74) is 0.408. The summed E-state index contributed by atoms with van der Waals surface area (Å²) in [5.74, 6) is 2.55. The van der Waals surface area contributed by atoms with E-state index in [1.54, 1.807) is 12.1 Å². The van der Waals surface area contributed by atoms with Crippen LogP contribution in [0.25, 0.3) is 0 Å². The molecule has 3 nitrogen and oxygen atoms in total. The summed E-state index contributed by atoms with van der Waals surface area (Å²) < 4.78 is 24.1. The summed E-state index contributed by atoms with van der Waals surface area (Å²) >= 11 is 0. The number of benzene rings is 1. The minimum Gasteiger partial charge on any atom is -0.385 e. The van der Waals surface area contributed by atoms with Crippen LogP contribution in [0, 0.1) is 12.3 Å². The molecule has 1 N–H and O–H groups in total. The number of fused-ring (bicyclic) bond motifs is 2. The first-order chi connectivity index (χ1) is 8.95. The molecule has 0 aliphatic carbocycles. The van der Waals surface area contributed by atoms with Gasteiger partial charge in [0.15, 0.2) is 9.84 Å². The number of hydrogen-bond donors (Lipinski definition) is 1. The Balaban J connectivity index is 2.00. The molecule has 2 aliphatic heterocycles. The van der Waals surface area contributed by atoms with Crippen LogP contribution in [0.15, 0.2) is 24.3 Å². The van der Waals surface area contributed by atoms with Crippen molar-refractivity contribution in [3.8, 4) is 12.3 Å². The largest absolute Gasteiger partial charge is 0.385 e. The second-order valence-corrected chi connectivity index (χ2v) is 8.09. The molecular weight excluding hydrogens is 260 g/mol. The van der Waals surface area contributed by atoms with E-state index in [4.69, 9.17) is 6.42 Å². The van der Waals surface area contributed by atoms with Crippen molar-refractivity contribution in [1.29, 1.82) is 0 Å². The van der Waals surface area contributed by atoms with Crippen LogP contribution in [0.2, 0.25) is 0 Å². The van der Waals surface area contributed by atoms with Crippen molar-refractivity contribution in [2.45, 2.75) is 41.8 Å². The van der Waals surface area contributed by atoms with Gasteiger partial charge in [0, 0.05) is 5.56 Å². The van der Waals surface area contributed by atoms with Gasteiger partial charge in [-0.15, -0.1) is 6.42 Å². The fourth-order valence-electron chi connectivity index (χ4n) is 3.38. The van der Waals surface area contributed by atoms with Crippen LogP contribution in [0.4, 0.5) is 0 Å². The van der Waals surface area contributed by atoms with Crippen LogP contribution >= 0.6 is 0 Å². The van der Waals surface area contributed by atoms with Crippen molar-refractivity contribution in [3.63, 3.8) is 0 Å². The molecule has 3 rings (SSSR count). The zero-order valence-electron chi connectivity index (χ0n) is 10.5. The molecule has 0 radical (unpaired) electrons. The van der Waals surface area contributed by atoms with E-state index >= 15 is 0 Å². The van der Waals surface area contributed by atoms with E-state index in [1.807, 2.05) is 12.1 Å². The average molecular weight is 276 g/mol. The molecule has 2 heterocycles. The molecule has 4 heteroatoms. The van der Waals surface area contributed by atoms with Gasteiger partial charge in [0.05, 0.1) is 16.1 Å². The third-order valence-electron chi connectivity index (χ3n) is 4.44. The van der Waals surface area contributed by atoms with Gasteiger partial charge in [-0.2, -0.15) is 0 Å². The lowest BCUT2D eigenvalue weighted by Crippen LogP contribution is -2.43. The molecule has 2 saturated heterocycles. The summed E-state index contributed by atoms with van der Waals surface area (Å²) in [6.07, 6.45) is 7.30. The van der Waals surface area contributed by atoms with E-state index in [2.05, 4.69) is 5.92 Å². The molecule has 0 saturated carbocycles. The second-order valence-electron chi connectivity index (χ2n) is 5.58. The summed E-state index contributed by atoms with van der Waals surface area (Å²) in [6.45, 7) is 0. The predicted octanol–water partition coefficient (Wildman–Crippen LogP) is 1.60. The highest BCUT2D eigenvalue weighted by Crippen LogP contribution is 2.47. The minimum absolute atomic E-state index is 0.292. The fourth-order valence-corrected chi connectivity index (χ4v) is 5.87. The molecule has 1 aromatic carbocycles. The monoisotopic (exact) mass is 276 g/mol. The lowest BCUT2D eigenvalue weighted by molar-refractivity contribution is 0.0173. The summed E-state index contributed by atoms with van der Waals surface area (Å²) in [5, 5.41) is 10.0. The van der Waals surface area contributed by atoms with E-state index < -0.39 is 25.9 Å². The molecule has 2 atom stereocenters. The third-order valence-corrected chi connectivity index (χ3v) is 7.10. The fraction of sp³-hybridized carbons (Fsp3) is 0.467. The van der Waals surface area contributed by atoms with Crippen LogP contribution in [-0.2, 0) is 15.4 Å². The van der Waals surface area contributed by atoms with Crippen molar-refractivity contribution in [2.24, 2.45) is 0 Å². The van der Waals surface area contributed by atoms with Crippen molar-refractivity contribution in [1.82, 2.24) is 0 Å². The topological polar surface area (TPSA) is 54.4 Å². The van der Waals surface area contributed by atoms with Crippen LogP contribution in [0.5, 0.6) is 0 Å². The SMILES string of the molecule is C#Cc1cccc(C2(O)CC3CCC(C2)S3(=O)=O)c1. The van der Waals surface area contributed by atoms with Gasteiger partial charge in [-0.05, 0) is 43.4 Å². The third kappa shape index (κ3) is 1.89. The Labute approximate surface area is 113 Å². The highest BCUT2D eigenvalue weighted by atomic mass is 32.2. The van der Waals surface area contributed by atoms with E-state index in [0.29, 0.717) is 31.2 Å². The van der Waals surface area contributed by atoms with Crippen LogP contribution in [0.3, 0.4) is 0 Å². The Morgan fingerprint density at radius 3 is 2.47 bits per heavy atom. The highest BCUT2D eigenvalue weighted by Gasteiger charge is 2.53. The Morgan fingerprint density at radius 2 is 1.89 bits per heavy atom. The molecule has 2 bridgehead atoms. The van der Waals surface area contributed by atoms with Crippen LogP contribution < -0.4 is 0 Å². The Morgan fingerprint density at radius 1 is 1.26 bits per heavy atom. The Bertz CT molecular complexity index is 634. The van der Waals surface area contributed by atoms with Crippen molar-refractivity contribution in [3.05, 3.63) is 35.4 Å². The van der Waals surface area contributed by atoms with E-state index in [9.17, 15) is 13.5 Å². The quantitative estimate of drug-likeness (QED) is 0.793. The second kappa shape index (κ2) is 4.09. The van der Waals surface area contributed by atoms with Gasteiger partial charge in [-0.1, -0.05) is 18.1 Å². The van der Waals surface area contributed by atoms with Gasteiger partial charge in [-0.3, -0.25) is 0 Å². The van der Waals surface area contributed by atoms with Crippen molar-refractivity contribution < 1.29 is 13.5 Å². The number of hydrogen-bond acceptors (Lipinski definition) is 3. The summed E-state index contributed by atoms with van der Waals surface area (Å²) in [7, 11) is -3.02. The van der Waals surface area contributed by atoms with E-state index in [0.717, 1.165) is 5.56 Å². The molecule has 0 spiro atoms. The highest BCUT2D eigenvalue weighted by molar-refractivity contribution is 7.93. The van der Waals surface area contributed by atoms with Gasteiger partial charge >= 0.3 is 0 Å². The molecule has 19 heavy (non-hydrogen) atoms. The van der Waals surface area contributed by atoms with E-state index in [-0.39, 0.29) is 0 Å². The standard InChI is InChI=1S/C15H16O3S/c1-2-11-4-3-5-12(8-11)15(16)9-13-6-7-14(10-15)19(13,17)18/h1,3-5,8,13-14,16H,6-7,9-10H2. The summed E-state index contributed by atoms with van der Waals surface area (Å²) in [6, 6.07) is 7.24. The molecule has 0 aromatic heterocycles. The number of sulfone groups is 1. The van der Waals surface area contributed by atoms with Gasteiger partial charge in [0.2, 0.25) is 0 Å². The molecule has 100 valence electrons. The van der Waals surface area contributed by atoms with Crippen molar-refractivity contribution >= 4 is 9.84 Å². The zero-order valence-corrected chi connectivity index (χ0v) is 11.4. The molecule has 0 amide bonds. The lowest BCUT2D eigenvalue weighted by atomic mass is 9.85. The molecular formula is C15H16O3S. The maximum Gasteiger partial charge on any atom is 0.156 e. The average Bonchev–Trinajstić information content (AvgIpc) is 2.57. The van der Waals surface area contributed by atoms with Gasteiger partial charge in [0.1, 0.15) is 0 Å². The minimum atomic E-state index is -3.02. The number of rotatable bonds is 1. The molecule has 2 aliphatic rings. The van der Waals surface area contributed by atoms with Gasteiger partial charge in [0.25, 0.3) is 0 Å². The molecule has 2 fully saturated rings.